The van der Waals surface area contributed by atoms with Gasteiger partial charge >= 0.3 is 5.97 Å². The SMILES string of the molecule is COCc1cccc(NS(=O)(=O)c2[nH]ncc2C(=O)O)c1. The molecule has 1 heterocycles. The van der Waals surface area contributed by atoms with Crippen molar-refractivity contribution >= 4 is 21.7 Å². The van der Waals surface area contributed by atoms with E-state index in [9.17, 15) is 13.2 Å². The Hall–Kier alpha value is -2.39. The molecule has 21 heavy (non-hydrogen) atoms. The van der Waals surface area contributed by atoms with Gasteiger partial charge in [-0.15, -0.1) is 0 Å². The largest absolute Gasteiger partial charge is 0.478 e. The van der Waals surface area contributed by atoms with Crippen molar-refractivity contribution in [2.75, 3.05) is 11.8 Å². The van der Waals surface area contributed by atoms with E-state index in [0.717, 1.165) is 11.8 Å². The average molecular weight is 311 g/mol. The molecule has 0 amide bonds. The van der Waals surface area contributed by atoms with Crippen molar-refractivity contribution in [1.29, 1.82) is 0 Å². The highest BCUT2D eigenvalue weighted by Gasteiger charge is 2.24. The Balaban J connectivity index is 2.31. The molecule has 0 atom stereocenters. The highest BCUT2D eigenvalue weighted by atomic mass is 32.2. The lowest BCUT2D eigenvalue weighted by atomic mass is 10.2. The molecule has 0 saturated heterocycles. The summed E-state index contributed by atoms with van der Waals surface area (Å²) in [7, 11) is -2.54. The van der Waals surface area contributed by atoms with Gasteiger partial charge in [0.15, 0.2) is 5.03 Å². The summed E-state index contributed by atoms with van der Waals surface area (Å²) < 4.78 is 31.6. The third-order valence-corrected chi connectivity index (χ3v) is 3.95. The first kappa shape index (κ1) is 15.0. The van der Waals surface area contributed by atoms with Gasteiger partial charge in [-0.2, -0.15) is 13.5 Å². The molecule has 0 aliphatic carbocycles. The Kier molecular flexibility index (Phi) is 4.24. The normalized spacial score (nSPS) is 11.3. The average Bonchev–Trinajstić information content (AvgIpc) is 2.89. The van der Waals surface area contributed by atoms with E-state index in [2.05, 4.69) is 14.9 Å². The Morgan fingerprint density at radius 3 is 2.90 bits per heavy atom. The number of anilines is 1. The smallest absolute Gasteiger partial charge is 0.340 e. The highest BCUT2D eigenvalue weighted by Crippen LogP contribution is 2.18. The molecule has 0 bridgehead atoms. The van der Waals surface area contributed by atoms with Crippen LogP contribution >= 0.6 is 0 Å². The predicted molar refractivity (Wildman–Crippen MR) is 73.5 cm³/mol. The van der Waals surface area contributed by atoms with Gasteiger partial charge in [0.05, 0.1) is 12.8 Å². The molecule has 0 spiro atoms. The van der Waals surface area contributed by atoms with Gasteiger partial charge in [-0.1, -0.05) is 12.1 Å². The van der Waals surface area contributed by atoms with Crippen molar-refractivity contribution in [2.45, 2.75) is 11.6 Å². The minimum Gasteiger partial charge on any atom is -0.478 e. The number of carboxylic acids is 1. The highest BCUT2D eigenvalue weighted by molar-refractivity contribution is 7.92. The lowest BCUT2D eigenvalue weighted by molar-refractivity contribution is 0.0692. The first-order valence-electron chi connectivity index (χ1n) is 5.81. The summed E-state index contributed by atoms with van der Waals surface area (Å²) in [6.45, 7) is 0.333. The van der Waals surface area contributed by atoms with Crippen LogP contribution in [0.5, 0.6) is 0 Å². The molecule has 112 valence electrons. The molecular weight excluding hydrogens is 298 g/mol. The summed E-state index contributed by atoms with van der Waals surface area (Å²) in [5.74, 6) is -1.38. The number of sulfonamides is 1. The van der Waals surface area contributed by atoms with Crippen molar-refractivity contribution in [3.05, 3.63) is 41.6 Å². The van der Waals surface area contributed by atoms with Gasteiger partial charge in [0, 0.05) is 12.8 Å². The minimum absolute atomic E-state index is 0.301. The second kappa shape index (κ2) is 5.94. The van der Waals surface area contributed by atoms with Crippen molar-refractivity contribution in [3.63, 3.8) is 0 Å². The monoisotopic (exact) mass is 311 g/mol. The Morgan fingerprint density at radius 2 is 2.24 bits per heavy atom. The number of aromatic amines is 1. The molecule has 3 N–H and O–H groups in total. The number of carboxylic acid groups (broad SMARTS) is 1. The molecule has 0 aliphatic heterocycles. The Bertz CT molecular complexity index is 754. The van der Waals surface area contributed by atoms with E-state index < -0.39 is 26.6 Å². The first-order valence-corrected chi connectivity index (χ1v) is 7.29. The number of hydrogen-bond acceptors (Lipinski definition) is 5. The molecule has 2 aromatic rings. The predicted octanol–water partition coefficient (Wildman–Crippen LogP) is 1.06. The fourth-order valence-electron chi connectivity index (χ4n) is 1.73. The number of aromatic carboxylic acids is 1. The van der Waals surface area contributed by atoms with Crippen LogP contribution in [-0.4, -0.2) is 36.8 Å². The second-order valence-corrected chi connectivity index (χ2v) is 5.78. The fraction of sp³-hybridized carbons (Fsp3) is 0.167. The number of aromatic nitrogens is 2. The molecule has 0 aliphatic rings. The first-order chi connectivity index (χ1) is 9.94. The van der Waals surface area contributed by atoms with Crippen LogP contribution in [0.2, 0.25) is 0 Å². The van der Waals surface area contributed by atoms with Crippen molar-refractivity contribution in [1.82, 2.24) is 10.2 Å². The van der Waals surface area contributed by atoms with Gasteiger partial charge in [-0.25, -0.2) is 4.79 Å². The molecule has 8 nitrogen and oxygen atoms in total. The van der Waals surface area contributed by atoms with E-state index in [-0.39, 0.29) is 0 Å². The molecule has 0 fully saturated rings. The fourth-order valence-corrected chi connectivity index (χ4v) is 2.87. The van der Waals surface area contributed by atoms with Crippen LogP contribution in [0, 0.1) is 0 Å². The van der Waals surface area contributed by atoms with Crippen molar-refractivity contribution in [3.8, 4) is 0 Å². The maximum Gasteiger partial charge on any atom is 0.340 e. The van der Waals surface area contributed by atoms with Gasteiger partial charge in [0.1, 0.15) is 5.56 Å². The number of carbonyl (C=O) groups is 1. The van der Waals surface area contributed by atoms with Crippen LogP contribution in [0.3, 0.4) is 0 Å². The van der Waals surface area contributed by atoms with Gasteiger partial charge in [0.25, 0.3) is 10.0 Å². The number of methoxy groups -OCH3 is 1. The number of nitrogens with zero attached hydrogens (tertiary/aromatic N) is 1. The summed E-state index contributed by atoms with van der Waals surface area (Å²) in [5.41, 5.74) is 0.659. The summed E-state index contributed by atoms with van der Waals surface area (Å²) >= 11 is 0. The number of benzene rings is 1. The van der Waals surface area contributed by atoms with Crippen LogP contribution < -0.4 is 4.72 Å². The molecule has 1 aromatic heterocycles. The van der Waals surface area contributed by atoms with Crippen LogP contribution in [0.15, 0.2) is 35.5 Å². The lowest BCUT2D eigenvalue weighted by Crippen LogP contribution is -2.16. The third-order valence-electron chi connectivity index (χ3n) is 2.59. The van der Waals surface area contributed by atoms with E-state index >= 15 is 0 Å². The maximum absolute atomic E-state index is 12.2. The quantitative estimate of drug-likeness (QED) is 0.733. The maximum atomic E-state index is 12.2. The van der Waals surface area contributed by atoms with E-state index in [4.69, 9.17) is 9.84 Å². The van der Waals surface area contributed by atoms with Gasteiger partial charge in [-0.05, 0) is 17.7 Å². The zero-order valence-corrected chi connectivity index (χ0v) is 11.8. The van der Waals surface area contributed by atoms with Crippen LogP contribution in [0.1, 0.15) is 15.9 Å². The van der Waals surface area contributed by atoms with Gasteiger partial charge in [-0.3, -0.25) is 9.82 Å². The molecular formula is C12H13N3O5S. The zero-order chi connectivity index (χ0) is 15.5. The number of ether oxygens (including phenoxy) is 1. The van der Waals surface area contributed by atoms with E-state index in [1.807, 2.05) is 0 Å². The van der Waals surface area contributed by atoms with Crippen LogP contribution in [-0.2, 0) is 21.4 Å². The summed E-state index contributed by atoms with van der Waals surface area (Å²) in [5, 5.41) is 14.1. The van der Waals surface area contributed by atoms with Gasteiger partial charge in [0.2, 0.25) is 0 Å². The molecule has 0 saturated carbocycles. The summed E-state index contributed by atoms with van der Waals surface area (Å²) in [6.07, 6.45) is 0.943. The molecule has 0 radical (unpaired) electrons. The van der Waals surface area contributed by atoms with Gasteiger partial charge < -0.3 is 9.84 Å². The second-order valence-electron chi connectivity index (χ2n) is 4.16. The van der Waals surface area contributed by atoms with E-state index in [0.29, 0.717) is 12.3 Å². The van der Waals surface area contributed by atoms with E-state index in [1.54, 1.807) is 24.3 Å². The summed E-state index contributed by atoms with van der Waals surface area (Å²) in [4.78, 5) is 11.0. The standard InChI is InChI=1S/C12H13N3O5S/c1-20-7-8-3-2-4-9(5-8)15-21(18,19)11-10(12(16)17)6-13-14-11/h2-6,15H,7H2,1H3,(H,13,14)(H,16,17). The zero-order valence-electron chi connectivity index (χ0n) is 11.0. The Morgan fingerprint density at radius 1 is 1.48 bits per heavy atom. The van der Waals surface area contributed by atoms with Crippen LogP contribution in [0.25, 0.3) is 0 Å². The van der Waals surface area contributed by atoms with E-state index in [1.165, 1.54) is 7.11 Å². The topological polar surface area (TPSA) is 121 Å². The Labute approximate surface area is 120 Å². The molecule has 1 aromatic carbocycles. The van der Waals surface area contributed by atoms with Crippen molar-refractivity contribution < 1.29 is 23.1 Å². The molecule has 9 heteroatoms. The number of H-pyrrole nitrogens is 1. The minimum atomic E-state index is -4.07. The van der Waals surface area contributed by atoms with Crippen molar-refractivity contribution in [2.24, 2.45) is 0 Å². The number of rotatable bonds is 6. The third kappa shape index (κ3) is 3.38. The molecule has 0 unspecified atom stereocenters. The number of hydrogen-bond donors (Lipinski definition) is 3. The summed E-state index contributed by atoms with van der Waals surface area (Å²) in [6, 6.07) is 6.59. The number of nitrogens with one attached hydrogen (secondary N) is 2. The lowest BCUT2D eigenvalue weighted by Gasteiger charge is -2.08. The molecule has 2 rings (SSSR count). The van der Waals surface area contributed by atoms with Crippen LogP contribution in [0.4, 0.5) is 5.69 Å².